The zero-order valence-corrected chi connectivity index (χ0v) is 12.1. The van der Waals surface area contributed by atoms with E-state index in [1.54, 1.807) is 19.2 Å². The predicted octanol–water partition coefficient (Wildman–Crippen LogP) is 1.99. The first-order valence-corrected chi connectivity index (χ1v) is 7.90. The summed E-state index contributed by atoms with van der Waals surface area (Å²) >= 11 is 1.35. The zero-order chi connectivity index (χ0) is 14.4. The molecule has 0 bridgehead atoms. The van der Waals surface area contributed by atoms with Gasteiger partial charge in [-0.05, 0) is 25.3 Å². The lowest BCUT2D eigenvalue weighted by Gasteiger charge is -2.05. The molecule has 1 aromatic rings. The number of ether oxygens (including phenoxy) is 1. The first kappa shape index (κ1) is 15.6. The van der Waals surface area contributed by atoms with Crippen LogP contribution in [0.15, 0.2) is 28.0 Å². The summed E-state index contributed by atoms with van der Waals surface area (Å²) in [4.78, 5) is 22.3. The molecule has 0 aliphatic heterocycles. The number of esters is 1. The number of carbonyl (C=O) groups is 1. The number of hydrogen-bond acceptors (Lipinski definition) is 6. The molecule has 0 aliphatic carbocycles. The van der Waals surface area contributed by atoms with E-state index in [9.17, 15) is 19.1 Å². The van der Waals surface area contributed by atoms with Gasteiger partial charge in [0.1, 0.15) is 10.6 Å². The number of nitro benzene ring substituents is 1. The molecule has 19 heavy (non-hydrogen) atoms. The fraction of sp³-hybridized carbons (Fsp3) is 0.364. The van der Waals surface area contributed by atoms with E-state index in [2.05, 4.69) is 4.74 Å². The Morgan fingerprint density at radius 3 is 2.74 bits per heavy atom. The largest absolute Gasteiger partial charge is 0.465 e. The second-order valence-electron chi connectivity index (χ2n) is 3.39. The summed E-state index contributed by atoms with van der Waals surface area (Å²) in [7, 11) is -1.78. The van der Waals surface area contributed by atoms with Crippen LogP contribution in [0.3, 0.4) is 0 Å². The summed E-state index contributed by atoms with van der Waals surface area (Å²) in [6, 6.07) is 4.40. The topological polar surface area (TPSA) is 86.5 Å². The first-order chi connectivity index (χ1) is 8.99. The molecule has 0 aromatic heterocycles. The molecule has 0 amide bonds. The number of benzene rings is 1. The van der Waals surface area contributed by atoms with Gasteiger partial charge in [0.25, 0.3) is 5.69 Å². The number of nitrogens with zero attached hydrogens (tertiary/aromatic N) is 1. The number of thioether (sulfide) groups is 1. The third-order valence-corrected chi connectivity index (χ3v) is 4.22. The third kappa shape index (κ3) is 4.32. The molecule has 0 saturated carbocycles. The van der Waals surface area contributed by atoms with Crippen molar-refractivity contribution in [3.8, 4) is 0 Å². The second-order valence-corrected chi connectivity index (χ2v) is 5.68. The van der Waals surface area contributed by atoms with Crippen LogP contribution in [0.2, 0.25) is 0 Å². The Balaban J connectivity index is 3.02. The van der Waals surface area contributed by atoms with Crippen molar-refractivity contribution in [2.75, 3.05) is 18.6 Å². The van der Waals surface area contributed by atoms with Gasteiger partial charge in [0.05, 0.1) is 22.3 Å². The molecule has 0 heterocycles. The Kier molecular flexibility index (Phi) is 5.97. The van der Waals surface area contributed by atoms with Gasteiger partial charge in [0.2, 0.25) is 0 Å². The third-order valence-electron chi connectivity index (χ3n) is 2.16. The second kappa shape index (κ2) is 7.25. The number of hydrogen-bond donors (Lipinski definition) is 0. The minimum absolute atomic E-state index is 0.0378. The molecule has 0 radical (unpaired) electrons. The maximum absolute atomic E-state index is 12.0. The highest BCUT2D eigenvalue weighted by Gasteiger charge is 2.21. The lowest BCUT2D eigenvalue weighted by molar-refractivity contribution is -0.388. The van der Waals surface area contributed by atoms with Crippen LogP contribution >= 0.6 is 11.8 Å². The summed E-state index contributed by atoms with van der Waals surface area (Å²) in [5.74, 6) is -1.02. The van der Waals surface area contributed by atoms with Crippen LogP contribution < -0.4 is 0 Å². The smallest absolute Gasteiger partial charge is 0.318 e. The summed E-state index contributed by atoms with van der Waals surface area (Å²) < 4.78 is 16.6. The molecule has 1 aromatic carbocycles. The molecule has 1 unspecified atom stereocenters. The molecule has 0 N–H and O–H groups in total. The molecule has 1 rings (SSSR count). The van der Waals surface area contributed by atoms with Crippen molar-refractivity contribution in [2.24, 2.45) is 0 Å². The highest BCUT2D eigenvalue weighted by atomic mass is 32.2. The number of carbonyl (C=O) groups excluding carboxylic acids is 1. The van der Waals surface area contributed by atoms with Crippen LogP contribution in [-0.2, 0) is 20.3 Å². The van der Waals surface area contributed by atoms with E-state index >= 15 is 0 Å². The molecule has 1 atom stereocenters. The molecule has 0 fully saturated rings. The maximum Gasteiger partial charge on any atom is 0.318 e. The van der Waals surface area contributed by atoms with Gasteiger partial charge in [-0.3, -0.25) is 19.1 Å². The van der Waals surface area contributed by atoms with Gasteiger partial charge in [-0.2, -0.15) is 0 Å². The Morgan fingerprint density at radius 1 is 1.53 bits per heavy atom. The van der Waals surface area contributed by atoms with E-state index in [4.69, 9.17) is 0 Å². The summed E-state index contributed by atoms with van der Waals surface area (Å²) in [5.41, 5.74) is -0.241. The summed E-state index contributed by atoms with van der Waals surface area (Å²) in [5, 5.41) is 11.0. The molecule has 8 heteroatoms. The predicted molar refractivity (Wildman–Crippen MR) is 72.8 cm³/mol. The van der Waals surface area contributed by atoms with Crippen molar-refractivity contribution < 1.29 is 18.7 Å². The fourth-order valence-electron chi connectivity index (χ4n) is 1.35. The van der Waals surface area contributed by atoms with Gasteiger partial charge in [-0.15, -0.1) is 11.8 Å². The van der Waals surface area contributed by atoms with Gasteiger partial charge in [0.15, 0.2) is 0 Å². The maximum atomic E-state index is 12.0. The van der Waals surface area contributed by atoms with Crippen molar-refractivity contribution >= 4 is 34.2 Å². The van der Waals surface area contributed by atoms with Crippen LogP contribution in [0.5, 0.6) is 0 Å². The van der Waals surface area contributed by atoms with Crippen molar-refractivity contribution in [3.05, 3.63) is 28.3 Å². The van der Waals surface area contributed by atoms with Crippen molar-refractivity contribution in [2.45, 2.75) is 16.7 Å². The number of rotatable bonds is 6. The quantitative estimate of drug-likeness (QED) is 0.346. The van der Waals surface area contributed by atoms with Crippen molar-refractivity contribution in [1.29, 1.82) is 0 Å². The summed E-state index contributed by atoms with van der Waals surface area (Å²) in [6.07, 6.45) is 1.79. The summed E-state index contributed by atoms with van der Waals surface area (Å²) in [6.45, 7) is 1.82. The molecule has 0 aliphatic rings. The molecule has 6 nitrogen and oxygen atoms in total. The van der Waals surface area contributed by atoms with E-state index < -0.39 is 21.7 Å². The Bertz CT molecular complexity index is 518. The highest BCUT2D eigenvalue weighted by Crippen LogP contribution is 2.27. The van der Waals surface area contributed by atoms with Gasteiger partial charge >= 0.3 is 5.97 Å². The zero-order valence-electron chi connectivity index (χ0n) is 10.5. The van der Waals surface area contributed by atoms with Gasteiger partial charge < -0.3 is 4.74 Å². The molecular weight excluding hydrogens is 290 g/mol. The molecule has 0 spiro atoms. The van der Waals surface area contributed by atoms with Crippen molar-refractivity contribution in [1.82, 2.24) is 0 Å². The standard InChI is InChI=1S/C11H13NO5S2/c1-3-17-11(13)7-19(16)10-5-4-8(18-2)6-9(10)12(14)15/h4-6H,3,7H2,1-2H3. The van der Waals surface area contributed by atoms with Crippen LogP contribution in [0.4, 0.5) is 5.69 Å². The van der Waals surface area contributed by atoms with Gasteiger partial charge in [-0.1, -0.05) is 0 Å². The minimum atomic E-state index is -1.78. The molecule has 0 saturated heterocycles. The Labute approximate surface area is 117 Å². The number of nitro groups is 1. The Morgan fingerprint density at radius 2 is 2.21 bits per heavy atom. The van der Waals surface area contributed by atoms with Crippen LogP contribution in [0, 0.1) is 10.1 Å². The van der Waals surface area contributed by atoms with Crippen LogP contribution in [0.1, 0.15) is 6.92 Å². The van der Waals surface area contributed by atoms with E-state index in [0.717, 1.165) is 0 Å². The van der Waals surface area contributed by atoms with Crippen molar-refractivity contribution in [3.63, 3.8) is 0 Å². The Hall–Kier alpha value is -1.41. The van der Waals surface area contributed by atoms with Crippen LogP contribution in [0.25, 0.3) is 0 Å². The van der Waals surface area contributed by atoms with Crippen LogP contribution in [-0.4, -0.2) is 33.7 Å². The van der Waals surface area contributed by atoms with E-state index in [0.29, 0.717) is 4.90 Å². The van der Waals surface area contributed by atoms with E-state index in [1.165, 1.54) is 23.9 Å². The normalized spacial score (nSPS) is 11.9. The van der Waals surface area contributed by atoms with Gasteiger partial charge in [-0.25, -0.2) is 0 Å². The highest BCUT2D eigenvalue weighted by molar-refractivity contribution is 7.98. The van der Waals surface area contributed by atoms with E-state index in [-0.39, 0.29) is 22.9 Å². The SMILES string of the molecule is CCOC(=O)CS(=O)c1ccc(SC)cc1[N+](=O)[O-]. The fourth-order valence-corrected chi connectivity index (χ4v) is 2.82. The lowest BCUT2D eigenvalue weighted by Crippen LogP contribution is -2.14. The average molecular weight is 303 g/mol. The monoisotopic (exact) mass is 303 g/mol. The molecular formula is C11H13NO5S2. The average Bonchev–Trinajstić information content (AvgIpc) is 2.38. The van der Waals surface area contributed by atoms with E-state index in [1.807, 2.05) is 0 Å². The first-order valence-electron chi connectivity index (χ1n) is 5.36. The lowest BCUT2D eigenvalue weighted by atomic mass is 10.3. The van der Waals surface area contributed by atoms with Gasteiger partial charge in [0, 0.05) is 11.0 Å². The molecule has 104 valence electrons. The minimum Gasteiger partial charge on any atom is -0.465 e.